The summed E-state index contributed by atoms with van der Waals surface area (Å²) in [6.45, 7) is 1.70. The summed E-state index contributed by atoms with van der Waals surface area (Å²) >= 11 is 5.96. The van der Waals surface area contributed by atoms with Crippen molar-refractivity contribution in [2.45, 2.75) is 24.0 Å². The maximum atomic E-state index is 13.0. The number of rotatable bonds is 5. The zero-order valence-corrected chi connectivity index (χ0v) is 19.0. The van der Waals surface area contributed by atoms with Gasteiger partial charge in [0.2, 0.25) is 0 Å². The Morgan fingerprint density at radius 3 is 2.27 bits per heavy atom. The molecule has 1 fully saturated rings. The fourth-order valence-corrected chi connectivity index (χ4v) is 5.37. The molecule has 0 aromatic heterocycles. The zero-order chi connectivity index (χ0) is 23.6. The average Bonchev–Trinajstić information content (AvgIpc) is 3.20. The molecule has 33 heavy (non-hydrogen) atoms. The van der Waals surface area contributed by atoms with Gasteiger partial charge in [-0.2, -0.15) is 17.6 Å². The van der Waals surface area contributed by atoms with E-state index in [1.165, 1.54) is 0 Å². The highest BCUT2D eigenvalue weighted by molar-refractivity contribution is 8.23. The number of likely N-dealkylation sites (tertiary alicyclic amines) is 1. The minimum atomic E-state index is -4.62. The van der Waals surface area contributed by atoms with Crippen LogP contribution in [-0.4, -0.2) is 32.8 Å². The van der Waals surface area contributed by atoms with E-state index in [-0.39, 0.29) is 5.02 Å². The Morgan fingerprint density at radius 2 is 1.61 bits per heavy atom. The van der Waals surface area contributed by atoms with Crippen LogP contribution in [0.1, 0.15) is 17.5 Å². The minimum Gasteiger partial charge on any atom is -0.293 e. The van der Waals surface area contributed by atoms with E-state index in [0.717, 1.165) is 28.8 Å². The van der Waals surface area contributed by atoms with E-state index in [4.69, 9.17) is 11.6 Å². The third kappa shape index (κ3) is 5.77. The molecule has 0 unspecified atom stereocenters. The monoisotopic (exact) mass is 494 g/mol. The third-order valence-corrected chi connectivity index (χ3v) is 7.28. The van der Waals surface area contributed by atoms with Gasteiger partial charge in [-0.25, -0.2) is 0 Å². The molecular formula is C24H22ClF3N2O2S. The quantitative estimate of drug-likeness (QED) is 0.388. The molecule has 3 aromatic carbocycles. The molecule has 0 bridgehead atoms. The molecule has 4 nitrogen and oxygen atoms in total. The van der Waals surface area contributed by atoms with Crippen LogP contribution in [0.15, 0.2) is 82.1 Å². The molecule has 0 radical (unpaired) electrons. The third-order valence-electron chi connectivity index (χ3n) is 5.40. The molecule has 0 aliphatic carbocycles. The van der Waals surface area contributed by atoms with E-state index in [0.29, 0.717) is 37.8 Å². The van der Waals surface area contributed by atoms with Crippen molar-refractivity contribution in [3.05, 3.63) is 88.9 Å². The van der Waals surface area contributed by atoms with Crippen molar-refractivity contribution in [2.75, 3.05) is 13.1 Å². The molecule has 0 amide bonds. The molecule has 174 valence electrons. The van der Waals surface area contributed by atoms with E-state index in [9.17, 15) is 22.3 Å². The Hall–Kier alpha value is -2.36. The number of benzene rings is 3. The molecule has 3 aromatic rings. The average molecular weight is 495 g/mol. The lowest BCUT2D eigenvalue weighted by Gasteiger charge is -2.29. The molecule has 9 heteroatoms. The van der Waals surface area contributed by atoms with Crippen LogP contribution in [0.4, 0.5) is 13.2 Å². The summed E-state index contributed by atoms with van der Waals surface area (Å²) in [5, 5.41) is -0.166. The SMILES string of the molecule is OS(O)(N=C1CCN(Cc2ccc(-c3ccccc3)cc2)C1)c1cc(C(F)(F)F)ccc1Cl. The number of alkyl halides is 3. The first-order valence-corrected chi connectivity index (χ1v) is 12.1. The van der Waals surface area contributed by atoms with Gasteiger partial charge in [-0.05, 0) is 34.9 Å². The molecule has 0 saturated carbocycles. The Balaban J connectivity index is 1.45. The highest BCUT2D eigenvalue weighted by atomic mass is 35.5. The minimum absolute atomic E-state index is 0.166. The lowest BCUT2D eigenvalue weighted by molar-refractivity contribution is -0.137. The summed E-state index contributed by atoms with van der Waals surface area (Å²) in [5.41, 5.74) is 2.87. The van der Waals surface area contributed by atoms with Crippen molar-refractivity contribution in [2.24, 2.45) is 4.40 Å². The van der Waals surface area contributed by atoms with Crippen LogP contribution in [0.3, 0.4) is 0 Å². The van der Waals surface area contributed by atoms with Crippen molar-refractivity contribution in [3.63, 3.8) is 0 Å². The van der Waals surface area contributed by atoms with E-state index in [2.05, 4.69) is 21.4 Å². The van der Waals surface area contributed by atoms with Gasteiger partial charge in [-0.15, -0.1) is 0 Å². The molecular weight excluding hydrogens is 473 g/mol. The first kappa shape index (κ1) is 23.8. The molecule has 1 heterocycles. The van der Waals surface area contributed by atoms with Crippen LogP contribution in [0.25, 0.3) is 11.1 Å². The summed E-state index contributed by atoms with van der Waals surface area (Å²) in [6, 6.07) is 20.7. The lowest BCUT2D eigenvalue weighted by Crippen LogP contribution is -2.20. The van der Waals surface area contributed by atoms with Crippen LogP contribution in [0.2, 0.25) is 5.02 Å². The second kappa shape index (κ2) is 9.48. The fourth-order valence-electron chi connectivity index (χ4n) is 3.72. The van der Waals surface area contributed by atoms with Gasteiger partial charge in [0.25, 0.3) is 0 Å². The van der Waals surface area contributed by atoms with Crippen LogP contribution in [0, 0.1) is 0 Å². The van der Waals surface area contributed by atoms with Crippen LogP contribution in [0.5, 0.6) is 0 Å². The summed E-state index contributed by atoms with van der Waals surface area (Å²) in [4.78, 5) is 1.68. The van der Waals surface area contributed by atoms with Crippen LogP contribution < -0.4 is 0 Å². The van der Waals surface area contributed by atoms with Crippen molar-refractivity contribution < 1.29 is 22.3 Å². The largest absolute Gasteiger partial charge is 0.416 e. The van der Waals surface area contributed by atoms with Crippen LogP contribution >= 0.6 is 22.4 Å². The van der Waals surface area contributed by atoms with Gasteiger partial charge in [0, 0.05) is 26.1 Å². The topological polar surface area (TPSA) is 56.1 Å². The smallest absolute Gasteiger partial charge is 0.293 e. The molecule has 0 spiro atoms. The molecule has 1 saturated heterocycles. The van der Waals surface area contributed by atoms with Gasteiger partial charge >= 0.3 is 6.18 Å². The van der Waals surface area contributed by atoms with Gasteiger partial charge in [0.1, 0.15) is 4.90 Å². The molecule has 1 aliphatic rings. The van der Waals surface area contributed by atoms with Crippen molar-refractivity contribution in [1.82, 2.24) is 4.90 Å². The number of hydrogen-bond acceptors (Lipinski definition) is 4. The summed E-state index contributed by atoms with van der Waals surface area (Å²) in [6.07, 6.45) is -4.13. The highest BCUT2D eigenvalue weighted by Crippen LogP contribution is 2.54. The van der Waals surface area contributed by atoms with Crippen molar-refractivity contribution in [1.29, 1.82) is 0 Å². The predicted octanol–water partition coefficient (Wildman–Crippen LogP) is 7.40. The number of hydrogen-bond donors (Lipinski definition) is 2. The molecule has 0 atom stereocenters. The Kier molecular flexibility index (Phi) is 6.83. The Morgan fingerprint density at radius 1 is 0.939 bits per heavy atom. The standard InChI is InChI=1S/C24H22ClF3N2O2S/c25-22-11-10-20(24(26,27)28)14-23(22)33(31,32)29-21-12-13-30(16-21)15-17-6-8-19(9-7-17)18-4-2-1-3-5-18/h1-11,14,31-32H,12-13,15-16H2. The number of halogens is 4. The van der Waals surface area contributed by atoms with Gasteiger partial charge in [0.15, 0.2) is 0 Å². The molecule has 2 N–H and O–H groups in total. The Labute approximate surface area is 196 Å². The maximum absolute atomic E-state index is 13.0. The van der Waals surface area contributed by atoms with Gasteiger partial charge in [0.05, 0.1) is 16.3 Å². The maximum Gasteiger partial charge on any atom is 0.416 e. The van der Waals surface area contributed by atoms with E-state index >= 15 is 0 Å². The molecule has 1 aliphatic heterocycles. The van der Waals surface area contributed by atoms with Crippen LogP contribution in [-0.2, 0) is 12.7 Å². The van der Waals surface area contributed by atoms with E-state index < -0.39 is 27.4 Å². The number of nitrogens with zero attached hydrogens (tertiary/aromatic N) is 2. The first-order chi connectivity index (χ1) is 15.6. The molecule has 4 rings (SSSR count). The second-order valence-electron chi connectivity index (χ2n) is 7.84. The summed E-state index contributed by atoms with van der Waals surface area (Å²) in [7, 11) is -3.86. The van der Waals surface area contributed by atoms with Gasteiger partial charge < -0.3 is 0 Å². The van der Waals surface area contributed by atoms with E-state index in [1.807, 2.05) is 42.5 Å². The summed E-state index contributed by atoms with van der Waals surface area (Å²) in [5.74, 6) is 0. The zero-order valence-electron chi connectivity index (χ0n) is 17.5. The highest BCUT2D eigenvalue weighted by Gasteiger charge is 2.33. The second-order valence-corrected chi connectivity index (χ2v) is 9.91. The Bertz CT molecular complexity index is 1150. The van der Waals surface area contributed by atoms with Crippen molar-refractivity contribution >= 4 is 28.1 Å². The van der Waals surface area contributed by atoms with Crippen molar-refractivity contribution in [3.8, 4) is 11.1 Å². The fraction of sp³-hybridized carbons (Fsp3) is 0.208. The first-order valence-electron chi connectivity index (χ1n) is 10.2. The van der Waals surface area contributed by atoms with Gasteiger partial charge in [-0.3, -0.25) is 14.0 Å². The van der Waals surface area contributed by atoms with E-state index in [1.54, 1.807) is 0 Å². The summed E-state index contributed by atoms with van der Waals surface area (Å²) < 4.78 is 64.1. The lowest BCUT2D eigenvalue weighted by atomic mass is 10.0. The normalized spacial score (nSPS) is 17.0. The predicted molar refractivity (Wildman–Crippen MR) is 127 cm³/mol. The van der Waals surface area contributed by atoms with Gasteiger partial charge in [-0.1, -0.05) is 77.0 Å².